The predicted octanol–water partition coefficient (Wildman–Crippen LogP) is 4.64. The molecule has 3 aromatic rings. The van der Waals surface area contributed by atoms with Gasteiger partial charge in [-0.15, -0.1) is 0 Å². The van der Waals surface area contributed by atoms with E-state index < -0.39 is 11.9 Å². The van der Waals surface area contributed by atoms with E-state index in [1.54, 1.807) is 23.6 Å². The van der Waals surface area contributed by atoms with Crippen molar-refractivity contribution in [3.63, 3.8) is 0 Å². The van der Waals surface area contributed by atoms with Gasteiger partial charge in [0.1, 0.15) is 11.8 Å². The third-order valence-corrected chi connectivity index (χ3v) is 4.86. The molecule has 1 unspecified atom stereocenters. The minimum atomic E-state index is -0.422. The topological polar surface area (TPSA) is 82.4 Å². The second-order valence-electron chi connectivity index (χ2n) is 6.53. The van der Waals surface area contributed by atoms with Gasteiger partial charge in [-0.1, -0.05) is 19.8 Å². The molecule has 0 fully saturated rings. The fourth-order valence-corrected chi connectivity index (χ4v) is 3.56. The molecule has 1 atom stereocenters. The predicted molar refractivity (Wildman–Crippen MR) is 98.8 cm³/mol. The Balaban J connectivity index is 1.76. The van der Waals surface area contributed by atoms with E-state index in [2.05, 4.69) is 16.9 Å². The SMILES string of the molecule is CCCCCC1=C(O)C(=O)N(c2ccc3nc[nH]c3c2)C1c1ccco1. The molecule has 0 saturated carbocycles. The number of aromatic nitrogens is 2. The number of H-pyrrole nitrogens is 1. The Bertz CT molecular complexity index is 956. The number of imidazole rings is 1. The summed E-state index contributed by atoms with van der Waals surface area (Å²) < 4.78 is 5.62. The third-order valence-electron chi connectivity index (χ3n) is 4.86. The van der Waals surface area contributed by atoms with Crippen molar-refractivity contribution in [1.29, 1.82) is 0 Å². The molecule has 0 aliphatic carbocycles. The molecule has 2 N–H and O–H groups in total. The Hall–Kier alpha value is -3.02. The van der Waals surface area contributed by atoms with Crippen LogP contribution in [-0.2, 0) is 4.79 Å². The average Bonchev–Trinajstić information content (AvgIpc) is 3.37. The van der Waals surface area contributed by atoms with Crippen LogP contribution in [0.4, 0.5) is 5.69 Å². The average molecular weight is 351 g/mol. The molecule has 1 aromatic carbocycles. The molecule has 3 heterocycles. The fourth-order valence-electron chi connectivity index (χ4n) is 3.56. The lowest BCUT2D eigenvalue weighted by molar-refractivity contribution is -0.117. The lowest BCUT2D eigenvalue weighted by Gasteiger charge is -2.25. The molecule has 0 spiro atoms. The number of aliphatic hydroxyl groups is 1. The van der Waals surface area contributed by atoms with Crippen molar-refractivity contribution in [3.8, 4) is 0 Å². The van der Waals surface area contributed by atoms with Crippen molar-refractivity contribution in [3.05, 3.63) is 60.0 Å². The molecule has 0 bridgehead atoms. The van der Waals surface area contributed by atoms with Gasteiger partial charge in [0.15, 0.2) is 5.76 Å². The van der Waals surface area contributed by atoms with Crippen LogP contribution >= 0.6 is 0 Å². The standard InChI is InChI=1S/C20H21N3O3/c1-2-3-4-6-14-18(17-7-5-10-26-17)23(20(25)19(14)24)13-8-9-15-16(11-13)22-12-21-15/h5,7-12,18,24H,2-4,6H2,1H3,(H,21,22). The number of carbonyl (C=O) groups is 1. The van der Waals surface area contributed by atoms with E-state index in [9.17, 15) is 9.90 Å². The van der Waals surface area contributed by atoms with Crippen LogP contribution in [0.5, 0.6) is 0 Å². The number of unbranched alkanes of at least 4 members (excludes halogenated alkanes) is 2. The van der Waals surface area contributed by atoms with Crippen molar-refractivity contribution >= 4 is 22.6 Å². The number of nitrogens with zero attached hydrogens (tertiary/aromatic N) is 2. The van der Waals surface area contributed by atoms with Crippen LogP contribution in [0, 0.1) is 0 Å². The molecule has 1 amide bonds. The van der Waals surface area contributed by atoms with Gasteiger partial charge in [-0.3, -0.25) is 9.69 Å². The number of amides is 1. The summed E-state index contributed by atoms with van der Waals surface area (Å²) in [4.78, 5) is 21.8. The Morgan fingerprint density at radius 2 is 2.19 bits per heavy atom. The van der Waals surface area contributed by atoms with Gasteiger partial charge in [-0.2, -0.15) is 0 Å². The number of benzene rings is 1. The lowest BCUT2D eigenvalue weighted by atomic mass is 9.99. The second kappa shape index (κ2) is 6.71. The van der Waals surface area contributed by atoms with Crippen molar-refractivity contribution in [2.24, 2.45) is 0 Å². The van der Waals surface area contributed by atoms with Gasteiger partial charge < -0.3 is 14.5 Å². The summed E-state index contributed by atoms with van der Waals surface area (Å²) in [5.41, 5.74) is 3.09. The normalized spacial score (nSPS) is 17.7. The molecule has 1 aliphatic heterocycles. The van der Waals surface area contributed by atoms with Crippen molar-refractivity contribution < 1.29 is 14.3 Å². The zero-order valence-corrected chi connectivity index (χ0v) is 14.6. The fraction of sp³-hybridized carbons (Fsp3) is 0.300. The van der Waals surface area contributed by atoms with Gasteiger partial charge in [0.05, 0.1) is 23.6 Å². The number of hydrogen-bond donors (Lipinski definition) is 2. The smallest absolute Gasteiger partial charge is 0.294 e. The minimum Gasteiger partial charge on any atom is -0.503 e. The summed E-state index contributed by atoms with van der Waals surface area (Å²) >= 11 is 0. The van der Waals surface area contributed by atoms with E-state index in [0.29, 0.717) is 17.9 Å². The Kier molecular flexibility index (Phi) is 4.24. The van der Waals surface area contributed by atoms with Crippen molar-refractivity contribution in [2.75, 3.05) is 4.90 Å². The van der Waals surface area contributed by atoms with Crippen molar-refractivity contribution in [2.45, 2.75) is 38.6 Å². The highest BCUT2D eigenvalue weighted by Crippen LogP contribution is 2.43. The zero-order chi connectivity index (χ0) is 18.1. The molecule has 134 valence electrons. The van der Waals surface area contributed by atoms with Crippen LogP contribution in [0.3, 0.4) is 0 Å². The first-order chi connectivity index (χ1) is 12.7. The van der Waals surface area contributed by atoms with Crippen LogP contribution in [0.2, 0.25) is 0 Å². The second-order valence-corrected chi connectivity index (χ2v) is 6.53. The molecule has 0 radical (unpaired) electrons. The Morgan fingerprint density at radius 1 is 1.31 bits per heavy atom. The van der Waals surface area contributed by atoms with E-state index >= 15 is 0 Å². The number of aromatic amines is 1. The highest BCUT2D eigenvalue weighted by atomic mass is 16.3. The lowest BCUT2D eigenvalue weighted by Crippen LogP contribution is -2.30. The first-order valence-corrected chi connectivity index (χ1v) is 8.92. The summed E-state index contributed by atoms with van der Waals surface area (Å²) in [5.74, 6) is 0.0996. The summed E-state index contributed by atoms with van der Waals surface area (Å²) in [6.07, 6.45) is 6.93. The summed E-state index contributed by atoms with van der Waals surface area (Å²) in [5, 5.41) is 10.6. The van der Waals surface area contributed by atoms with Crippen LogP contribution in [-0.4, -0.2) is 21.0 Å². The van der Waals surface area contributed by atoms with E-state index in [4.69, 9.17) is 4.42 Å². The van der Waals surface area contributed by atoms with Gasteiger partial charge in [-0.05, 0) is 43.2 Å². The number of fused-ring (bicyclic) bond motifs is 1. The van der Waals surface area contributed by atoms with Crippen LogP contribution in [0.25, 0.3) is 11.0 Å². The maximum atomic E-state index is 12.9. The monoisotopic (exact) mass is 351 g/mol. The number of nitrogens with one attached hydrogen (secondary N) is 1. The number of anilines is 1. The summed E-state index contributed by atoms with van der Waals surface area (Å²) in [6.45, 7) is 2.13. The Labute approximate surface area is 151 Å². The van der Waals surface area contributed by atoms with Crippen LogP contribution in [0.15, 0.2) is 58.7 Å². The molecule has 4 rings (SSSR count). The molecule has 2 aromatic heterocycles. The van der Waals surface area contributed by atoms with E-state index in [1.165, 1.54) is 0 Å². The van der Waals surface area contributed by atoms with Crippen LogP contribution < -0.4 is 4.90 Å². The quantitative estimate of drug-likeness (QED) is 0.634. The highest BCUT2D eigenvalue weighted by molar-refractivity contribution is 6.09. The number of carbonyl (C=O) groups excluding carboxylic acids is 1. The summed E-state index contributed by atoms with van der Waals surface area (Å²) in [6, 6.07) is 8.81. The molecule has 26 heavy (non-hydrogen) atoms. The number of rotatable bonds is 6. The maximum absolute atomic E-state index is 12.9. The first kappa shape index (κ1) is 16.4. The molecular weight excluding hydrogens is 330 g/mol. The van der Waals surface area contributed by atoms with Gasteiger partial charge in [0, 0.05) is 11.3 Å². The molecular formula is C20H21N3O3. The molecule has 1 aliphatic rings. The number of hydrogen-bond acceptors (Lipinski definition) is 4. The van der Waals surface area contributed by atoms with Gasteiger partial charge >= 0.3 is 0 Å². The number of furan rings is 1. The van der Waals surface area contributed by atoms with Gasteiger partial charge in [0.2, 0.25) is 0 Å². The van der Waals surface area contributed by atoms with E-state index in [0.717, 1.165) is 35.9 Å². The maximum Gasteiger partial charge on any atom is 0.294 e. The zero-order valence-electron chi connectivity index (χ0n) is 14.6. The van der Waals surface area contributed by atoms with E-state index in [-0.39, 0.29) is 5.76 Å². The minimum absolute atomic E-state index is 0.160. The highest BCUT2D eigenvalue weighted by Gasteiger charge is 2.42. The van der Waals surface area contributed by atoms with Gasteiger partial charge in [-0.25, -0.2) is 4.98 Å². The molecule has 0 saturated heterocycles. The van der Waals surface area contributed by atoms with Crippen molar-refractivity contribution in [1.82, 2.24) is 9.97 Å². The van der Waals surface area contributed by atoms with Crippen LogP contribution in [0.1, 0.15) is 44.4 Å². The Morgan fingerprint density at radius 3 is 2.96 bits per heavy atom. The van der Waals surface area contributed by atoms with E-state index in [1.807, 2.05) is 24.3 Å². The molecule has 6 heteroatoms. The molecule has 6 nitrogen and oxygen atoms in total. The number of aliphatic hydroxyl groups excluding tert-OH is 1. The largest absolute Gasteiger partial charge is 0.503 e. The third kappa shape index (κ3) is 2.67. The first-order valence-electron chi connectivity index (χ1n) is 8.92. The van der Waals surface area contributed by atoms with Gasteiger partial charge in [0.25, 0.3) is 5.91 Å². The summed E-state index contributed by atoms with van der Waals surface area (Å²) in [7, 11) is 0.